The summed E-state index contributed by atoms with van der Waals surface area (Å²) in [5, 5.41) is 4.66. The minimum Gasteiger partial charge on any atom is -0.464 e. The SMILES string of the molecule is Cc1ccc2cc(-c3nc4ccccc4c4occc34)cc(C)c2c1. The zero-order valence-electron chi connectivity index (χ0n) is 14.2. The van der Waals surface area contributed by atoms with Gasteiger partial charge in [-0.15, -0.1) is 0 Å². The van der Waals surface area contributed by atoms with E-state index in [2.05, 4.69) is 50.2 Å². The maximum atomic E-state index is 5.79. The first-order chi connectivity index (χ1) is 12.2. The normalized spacial score (nSPS) is 11.6. The van der Waals surface area contributed by atoms with Crippen LogP contribution in [-0.2, 0) is 0 Å². The first kappa shape index (κ1) is 14.2. The smallest absolute Gasteiger partial charge is 0.145 e. The minimum absolute atomic E-state index is 0.905. The first-order valence-corrected chi connectivity index (χ1v) is 8.48. The Morgan fingerprint density at radius 2 is 1.68 bits per heavy atom. The summed E-state index contributed by atoms with van der Waals surface area (Å²) < 4.78 is 5.79. The molecule has 2 aromatic heterocycles. The predicted molar refractivity (Wildman–Crippen MR) is 104 cm³/mol. The number of pyridine rings is 1. The van der Waals surface area contributed by atoms with E-state index in [0.29, 0.717) is 0 Å². The van der Waals surface area contributed by atoms with Crippen molar-refractivity contribution in [3.63, 3.8) is 0 Å². The van der Waals surface area contributed by atoms with Gasteiger partial charge in [0.25, 0.3) is 0 Å². The van der Waals surface area contributed by atoms with Crippen LogP contribution in [0.1, 0.15) is 11.1 Å². The third-order valence-corrected chi connectivity index (χ3v) is 4.89. The van der Waals surface area contributed by atoms with E-state index in [1.807, 2.05) is 24.3 Å². The molecule has 25 heavy (non-hydrogen) atoms. The van der Waals surface area contributed by atoms with E-state index in [1.54, 1.807) is 6.26 Å². The van der Waals surface area contributed by atoms with Crippen LogP contribution in [0.2, 0.25) is 0 Å². The molecular weight excluding hydrogens is 306 g/mol. The van der Waals surface area contributed by atoms with Gasteiger partial charge < -0.3 is 4.42 Å². The average molecular weight is 323 g/mol. The summed E-state index contributed by atoms with van der Waals surface area (Å²) in [4.78, 5) is 4.95. The Bertz CT molecular complexity index is 1260. The van der Waals surface area contributed by atoms with Gasteiger partial charge in [0.05, 0.1) is 17.5 Å². The number of nitrogens with zero attached hydrogens (tertiary/aromatic N) is 1. The standard InChI is InChI=1S/C23H17NO/c1-14-7-8-16-13-17(12-15(2)20(16)11-14)22-19-9-10-25-23(19)18-5-3-4-6-21(18)24-22/h3-13H,1-2H3. The Morgan fingerprint density at radius 3 is 2.60 bits per heavy atom. The maximum Gasteiger partial charge on any atom is 0.145 e. The molecule has 120 valence electrons. The lowest BCUT2D eigenvalue weighted by Crippen LogP contribution is -1.90. The lowest BCUT2D eigenvalue weighted by Gasteiger charge is -2.10. The topological polar surface area (TPSA) is 26.0 Å². The highest BCUT2D eigenvalue weighted by Gasteiger charge is 2.13. The minimum atomic E-state index is 0.905. The van der Waals surface area contributed by atoms with Gasteiger partial charge in [0.15, 0.2) is 0 Å². The van der Waals surface area contributed by atoms with Crippen molar-refractivity contribution < 1.29 is 4.42 Å². The summed E-state index contributed by atoms with van der Waals surface area (Å²) in [7, 11) is 0. The van der Waals surface area contributed by atoms with Crippen LogP contribution in [0.25, 0.3) is 43.9 Å². The Labute approximate surface area is 145 Å². The fourth-order valence-electron chi connectivity index (χ4n) is 3.66. The van der Waals surface area contributed by atoms with Crippen molar-refractivity contribution >= 4 is 32.6 Å². The number of fused-ring (bicyclic) bond motifs is 4. The molecule has 0 saturated carbocycles. The molecule has 2 heteroatoms. The highest BCUT2D eigenvalue weighted by molar-refractivity contribution is 6.08. The Hall–Kier alpha value is -3.13. The molecule has 3 aromatic carbocycles. The molecule has 0 atom stereocenters. The van der Waals surface area contributed by atoms with E-state index >= 15 is 0 Å². The molecule has 2 nitrogen and oxygen atoms in total. The van der Waals surface area contributed by atoms with Crippen molar-refractivity contribution in [3.8, 4) is 11.3 Å². The second kappa shape index (κ2) is 5.18. The molecule has 0 bridgehead atoms. The summed E-state index contributed by atoms with van der Waals surface area (Å²) in [6.07, 6.45) is 1.75. The van der Waals surface area contributed by atoms with Crippen LogP contribution >= 0.6 is 0 Å². The molecule has 0 aliphatic rings. The van der Waals surface area contributed by atoms with Crippen LogP contribution in [0.4, 0.5) is 0 Å². The van der Waals surface area contributed by atoms with Gasteiger partial charge in [-0.2, -0.15) is 0 Å². The predicted octanol–water partition coefficient (Wildman–Crippen LogP) is 6.42. The van der Waals surface area contributed by atoms with Crippen molar-refractivity contribution in [2.45, 2.75) is 13.8 Å². The van der Waals surface area contributed by atoms with Gasteiger partial charge in [-0.05, 0) is 60.5 Å². The fourth-order valence-corrected chi connectivity index (χ4v) is 3.66. The van der Waals surface area contributed by atoms with E-state index in [4.69, 9.17) is 9.40 Å². The summed E-state index contributed by atoms with van der Waals surface area (Å²) in [5.41, 5.74) is 6.52. The van der Waals surface area contributed by atoms with Crippen LogP contribution in [0, 0.1) is 13.8 Å². The molecule has 0 fully saturated rings. The summed E-state index contributed by atoms with van der Waals surface area (Å²) in [5.74, 6) is 0. The fraction of sp³-hybridized carbons (Fsp3) is 0.0870. The summed E-state index contributed by atoms with van der Waals surface area (Å²) in [6.45, 7) is 4.30. The second-order valence-corrected chi connectivity index (χ2v) is 6.66. The third-order valence-electron chi connectivity index (χ3n) is 4.89. The number of benzene rings is 3. The van der Waals surface area contributed by atoms with Gasteiger partial charge in [0, 0.05) is 16.3 Å². The van der Waals surface area contributed by atoms with E-state index < -0.39 is 0 Å². The van der Waals surface area contributed by atoms with Gasteiger partial charge in [0.2, 0.25) is 0 Å². The average Bonchev–Trinajstić information content (AvgIpc) is 3.11. The maximum absolute atomic E-state index is 5.79. The van der Waals surface area contributed by atoms with Crippen LogP contribution in [0.5, 0.6) is 0 Å². The van der Waals surface area contributed by atoms with Crippen molar-refractivity contribution in [1.29, 1.82) is 0 Å². The zero-order valence-corrected chi connectivity index (χ0v) is 14.2. The number of rotatable bonds is 1. The Morgan fingerprint density at radius 1 is 0.800 bits per heavy atom. The molecule has 0 amide bonds. The number of furan rings is 1. The summed E-state index contributed by atoms with van der Waals surface area (Å²) in [6, 6.07) is 21.2. The van der Waals surface area contributed by atoms with Gasteiger partial charge in [-0.3, -0.25) is 0 Å². The molecule has 0 saturated heterocycles. The summed E-state index contributed by atoms with van der Waals surface area (Å²) >= 11 is 0. The monoisotopic (exact) mass is 323 g/mol. The Kier molecular flexibility index (Phi) is 2.95. The zero-order chi connectivity index (χ0) is 17.0. The molecule has 0 aliphatic heterocycles. The van der Waals surface area contributed by atoms with E-state index in [0.717, 1.165) is 33.1 Å². The largest absolute Gasteiger partial charge is 0.464 e. The number of para-hydroxylation sites is 1. The number of aryl methyl sites for hydroxylation is 2. The molecular formula is C23H17NO. The van der Waals surface area contributed by atoms with Crippen molar-refractivity contribution in [2.75, 3.05) is 0 Å². The first-order valence-electron chi connectivity index (χ1n) is 8.48. The third kappa shape index (κ3) is 2.14. The Balaban J connectivity index is 1.87. The van der Waals surface area contributed by atoms with Gasteiger partial charge >= 0.3 is 0 Å². The van der Waals surface area contributed by atoms with Gasteiger partial charge in [-0.1, -0.05) is 35.9 Å². The number of aromatic nitrogens is 1. The second-order valence-electron chi connectivity index (χ2n) is 6.66. The highest BCUT2D eigenvalue weighted by Crippen LogP contribution is 2.35. The molecule has 5 aromatic rings. The molecule has 0 unspecified atom stereocenters. The van der Waals surface area contributed by atoms with E-state index in [1.165, 1.54) is 21.9 Å². The molecule has 2 heterocycles. The lowest BCUT2D eigenvalue weighted by atomic mass is 9.97. The molecule has 0 aliphatic carbocycles. The van der Waals surface area contributed by atoms with Crippen molar-refractivity contribution in [2.24, 2.45) is 0 Å². The number of hydrogen-bond acceptors (Lipinski definition) is 2. The number of hydrogen-bond donors (Lipinski definition) is 0. The quantitative estimate of drug-likeness (QED) is 0.356. The van der Waals surface area contributed by atoms with Crippen LogP contribution in [0.3, 0.4) is 0 Å². The molecule has 0 spiro atoms. The van der Waals surface area contributed by atoms with E-state index in [-0.39, 0.29) is 0 Å². The van der Waals surface area contributed by atoms with Gasteiger partial charge in [-0.25, -0.2) is 4.98 Å². The van der Waals surface area contributed by atoms with Crippen LogP contribution < -0.4 is 0 Å². The molecule has 0 N–H and O–H groups in total. The van der Waals surface area contributed by atoms with Crippen LogP contribution in [-0.4, -0.2) is 4.98 Å². The van der Waals surface area contributed by atoms with Crippen LogP contribution in [0.15, 0.2) is 71.3 Å². The highest BCUT2D eigenvalue weighted by atomic mass is 16.3. The van der Waals surface area contributed by atoms with Crippen molar-refractivity contribution in [3.05, 3.63) is 78.1 Å². The van der Waals surface area contributed by atoms with E-state index in [9.17, 15) is 0 Å². The lowest BCUT2D eigenvalue weighted by molar-refractivity contribution is 0.619. The van der Waals surface area contributed by atoms with Gasteiger partial charge in [0.1, 0.15) is 5.58 Å². The molecule has 5 rings (SSSR count). The van der Waals surface area contributed by atoms with Crippen molar-refractivity contribution in [1.82, 2.24) is 4.98 Å². The molecule has 0 radical (unpaired) electrons.